The molecule has 0 radical (unpaired) electrons. The summed E-state index contributed by atoms with van der Waals surface area (Å²) < 4.78 is 0. The lowest BCUT2D eigenvalue weighted by atomic mass is 10.2. The van der Waals surface area contributed by atoms with Gasteiger partial charge in [0.2, 0.25) is 5.12 Å². The van der Waals surface area contributed by atoms with E-state index < -0.39 is 0 Å². The molecule has 0 fully saturated rings. The van der Waals surface area contributed by atoms with Crippen LogP contribution in [0.2, 0.25) is 0 Å². The minimum absolute atomic E-state index is 0.0835. The number of thiol groups is 1. The fourth-order valence-corrected chi connectivity index (χ4v) is 1.62. The molecule has 140 valence electrons. The number of hydrogen-bond donors (Lipinski definition) is 1. The quantitative estimate of drug-likeness (QED) is 0.488. The fraction of sp³-hybridized carbons (Fsp3) is 0.476. The molecule has 3 nitrogen and oxygen atoms in total. The van der Waals surface area contributed by atoms with Crippen LogP contribution in [0.1, 0.15) is 77.1 Å². The molecule has 0 saturated heterocycles. The van der Waals surface area contributed by atoms with Gasteiger partial charge >= 0.3 is 0 Å². The predicted octanol–water partition coefficient (Wildman–Crippen LogP) is 5.84. The summed E-state index contributed by atoms with van der Waals surface area (Å²) in [6.07, 6.45) is 6.85. The first kappa shape index (κ1) is 25.6. The summed E-state index contributed by atoms with van der Waals surface area (Å²) in [5.41, 5.74) is 2.16. The number of carbonyl (C=O) groups excluding carboxylic acids is 3. The molecule has 0 spiro atoms. The van der Waals surface area contributed by atoms with Gasteiger partial charge in [-0.15, -0.1) is 12.6 Å². The van der Waals surface area contributed by atoms with Gasteiger partial charge in [-0.3, -0.25) is 4.79 Å². The lowest BCUT2D eigenvalue weighted by Gasteiger charge is -1.91. The van der Waals surface area contributed by atoms with E-state index in [2.05, 4.69) is 39.5 Å². The highest BCUT2D eigenvalue weighted by molar-refractivity contribution is 7.97. The second-order valence-electron chi connectivity index (χ2n) is 5.77. The summed E-state index contributed by atoms with van der Waals surface area (Å²) in [5.74, 6) is 0.167. The molecule has 0 aromatic heterocycles. The van der Waals surface area contributed by atoms with Gasteiger partial charge in [0.15, 0.2) is 0 Å². The summed E-state index contributed by atoms with van der Waals surface area (Å²) in [5, 5.41) is -0.185. The van der Waals surface area contributed by atoms with Gasteiger partial charge in [0, 0.05) is 18.4 Å². The maximum Gasteiger partial charge on any atom is 0.216 e. The lowest BCUT2D eigenvalue weighted by molar-refractivity contribution is -0.122. The Morgan fingerprint density at radius 1 is 0.920 bits per heavy atom. The molecule has 0 saturated carbocycles. The molecule has 0 aliphatic carbocycles. The van der Waals surface area contributed by atoms with E-state index in [1.54, 1.807) is 12.1 Å². The Hall–Kier alpha value is -1.68. The van der Waals surface area contributed by atoms with Crippen LogP contribution in [-0.2, 0) is 9.59 Å². The number of benzene rings is 1. The SMILES string of the molecule is CC(=O)CCC(C)=O.CCCC=C(C)CC.O=C(S)c1ccccc1. The van der Waals surface area contributed by atoms with Gasteiger partial charge in [-0.05, 0) is 33.6 Å². The maximum absolute atomic E-state index is 10.5. The van der Waals surface area contributed by atoms with Gasteiger partial charge in [0.25, 0.3) is 0 Å². The van der Waals surface area contributed by atoms with E-state index in [9.17, 15) is 14.4 Å². The van der Waals surface area contributed by atoms with Crippen LogP contribution in [0, 0.1) is 0 Å². The average molecular weight is 365 g/mol. The van der Waals surface area contributed by atoms with Crippen molar-refractivity contribution in [1.29, 1.82) is 0 Å². The third-order valence-corrected chi connectivity index (χ3v) is 3.45. The first-order valence-corrected chi connectivity index (χ1v) is 9.12. The van der Waals surface area contributed by atoms with Crippen molar-refractivity contribution in [2.45, 2.75) is 66.7 Å². The highest BCUT2D eigenvalue weighted by Gasteiger charge is 1.95. The minimum Gasteiger partial charge on any atom is -0.300 e. The van der Waals surface area contributed by atoms with Crippen molar-refractivity contribution in [3.63, 3.8) is 0 Å². The van der Waals surface area contributed by atoms with Crippen LogP contribution >= 0.6 is 12.6 Å². The fourth-order valence-electron chi connectivity index (χ4n) is 1.47. The molecule has 0 bridgehead atoms. The van der Waals surface area contributed by atoms with Crippen molar-refractivity contribution in [1.82, 2.24) is 0 Å². The molecule has 1 aromatic carbocycles. The van der Waals surface area contributed by atoms with Gasteiger partial charge in [-0.25, -0.2) is 0 Å². The molecule has 0 aliphatic rings. The topological polar surface area (TPSA) is 51.2 Å². The van der Waals surface area contributed by atoms with Gasteiger partial charge in [-0.1, -0.05) is 62.2 Å². The Bertz CT molecular complexity index is 519. The summed E-state index contributed by atoms with van der Waals surface area (Å²) in [6.45, 7) is 9.57. The van der Waals surface area contributed by atoms with Crippen molar-refractivity contribution in [3.8, 4) is 0 Å². The first-order chi connectivity index (χ1) is 11.7. The number of rotatable bonds is 7. The number of carbonyl (C=O) groups is 3. The van der Waals surface area contributed by atoms with E-state index in [1.165, 1.54) is 38.7 Å². The molecule has 0 amide bonds. The smallest absolute Gasteiger partial charge is 0.216 e. The normalized spacial score (nSPS) is 9.92. The van der Waals surface area contributed by atoms with E-state index in [0.29, 0.717) is 18.4 Å². The van der Waals surface area contributed by atoms with Crippen molar-refractivity contribution in [2.24, 2.45) is 0 Å². The lowest BCUT2D eigenvalue weighted by Crippen LogP contribution is -1.95. The zero-order valence-electron chi connectivity index (χ0n) is 16.2. The van der Waals surface area contributed by atoms with E-state index in [-0.39, 0.29) is 16.7 Å². The van der Waals surface area contributed by atoms with Gasteiger partial charge in [0.05, 0.1) is 0 Å². The molecule has 1 rings (SSSR count). The van der Waals surface area contributed by atoms with Crippen molar-refractivity contribution < 1.29 is 14.4 Å². The Labute approximate surface area is 158 Å². The molecule has 4 heteroatoms. The summed E-state index contributed by atoms with van der Waals surface area (Å²) in [4.78, 5) is 30.9. The van der Waals surface area contributed by atoms with Crippen molar-refractivity contribution in [3.05, 3.63) is 47.5 Å². The molecule has 0 aliphatic heterocycles. The summed E-state index contributed by atoms with van der Waals surface area (Å²) >= 11 is 3.65. The van der Waals surface area contributed by atoms with E-state index in [0.717, 1.165) is 0 Å². The molecular formula is C21H32O3S. The van der Waals surface area contributed by atoms with E-state index in [1.807, 2.05) is 18.2 Å². The van der Waals surface area contributed by atoms with E-state index >= 15 is 0 Å². The van der Waals surface area contributed by atoms with Crippen LogP contribution in [-0.4, -0.2) is 16.7 Å². The number of unbranched alkanes of at least 4 members (excludes halogenated alkanes) is 1. The molecule has 0 N–H and O–H groups in total. The molecule has 1 aromatic rings. The summed E-state index contributed by atoms with van der Waals surface area (Å²) in [7, 11) is 0. The Morgan fingerprint density at radius 2 is 1.40 bits per heavy atom. The molecule has 25 heavy (non-hydrogen) atoms. The highest BCUT2D eigenvalue weighted by Crippen LogP contribution is 2.01. The number of Topliss-reactive ketones (excluding diaryl/α,β-unsaturated/α-hetero) is 2. The minimum atomic E-state index is -0.185. The zero-order valence-corrected chi connectivity index (χ0v) is 17.1. The highest BCUT2D eigenvalue weighted by atomic mass is 32.1. The average Bonchev–Trinajstić information content (AvgIpc) is 2.59. The molecule has 0 unspecified atom stereocenters. The van der Waals surface area contributed by atoms with Crippen LogP contribution in [0.15, 0.2) is 42.0 Å². The van der Waals surface area contributed by atoms with Crippen LogP contribution < -0.4 is 0 Å². The van der Waals surface area contributed by atoms with Gasteiger partial charge in [0.1, 0.15) is 11.6 Å². The zero-order chi connectivity index (χ0) is 19.7. The van der Waals surface area contributed by atoms with Crippen molar-refractivity contribution >= 4 is 29.3 Å². The number of allylic oxidation sites excluding steroid dienone is 2. The number of ketones is 2. The maximum atomic E-state index is 10.5. The standard InChI is InChI=1S/C8H16.C7H6OS.C6H10O2/c1-4-6-7-8(3)5-2;8-7(9)6-4-2-1-3-5-6;1-5(7)3-4-6(2)8/h7H,4-6H2,1-3H3;1-5H,(H,8,9);3-4H2,1-2H3. The molecule has 0 atom stereocenters. The van der Waals surface area contributed by atoms with Gasteiger partial charge < -0.3 is 9.59 Å². The molecular weight excluding hydrogens is 332 g/mol. The number of hydrogen-bond acceptors (Lipinski definition) is 3. The Kier molecular flexibility index (Phi) is 17.5. The van der Waals surface area contributed by atoms with Crippen LogP contribution in [0.3, 0.4) is 0 Å². The second kappa shape index (κ2) is 17.2. The third-order valence-electron chi connectivity index (χ3n) is 3.19. The van der Waals surface area contributed by atoms with Crippen LogP contribution in [0.4, 0.5) is 0 Å². The first-order valence-electron chi connectivity index (χ1n) is 8.67. The Balaban J connectivity index is 0. The molecule has 0 heterocycles. The Morgan fingerprint density at radius 3 is 1.68 bits per heavy atom. The summed E-state index contributed by atoms with van der Waals surface area (Å²) in [6, 6.07) is 8.94. The van der Waals surface area contributed by atoms with Crippen LogP contribution in [0.25, 0.3) is 0 Å². The van der Waals surface area contributed by atoms with E-state index in [4.69, 9.17) is 0 Å². The predicted molar refractivity (Wildman–Crippen MR) is 109 cm³/mol. The second-order valence-corrected chi connectivity index (χ2v) is 6.17. The largest absolute Gasteiger partial charge is 0.300 e. The van der Waals surface area contributed by atoms with Gasteiger partial charge in [-0.2, -0.15) is 0 Å². The van der Waals surface area contributed by atoms with Crippen molar-refractivity contribution in [2.75, 3.05) is 0 Å². The monoisotopic (exact) mass is 364 g/mol. The van der Waals surface area contributed by atoms with Crippen LogP contribution in [0.5, 0.6) is 0 Å². The third kappa shape index (κ3) is 20.3.